The molecule has 0 fully saturated rings. The highest BCUT2D eigenvalue weighted by Gasteiger charge is 2.18. The topological polar surface area (TPSA) is 60.7 Å². The van der Waals surface area contributed by atoms with Gasteiger partial charge in [0.2, 0.25) is 0 Å². The lowest BCUT2D eigenvalue weighted by atomic mass is 10.1. The summed E-state index contributed by atoms with van der Waals surface area (Å²) >= 11 is 6.16. The monoisotopic (exact) mass is 264 g/mol. The minimum Gasteiger partial charge on any atom is -0.298 e. The fraction of sp³-hybridized carbons (Fsp3) is 0.333. The van der Waals surface area contributed by atoms with Gasteiger partial charge in [-0.3, -0.25) is 4.79 Å². The second kappa shape index (κ2) is 5.27. The smallest absolute Gasteiger partial charge is 0.158 e. The molecule has 0 N–H and O–H groups in total. The van der Waals surface area contributed by atoms with Crippen molar-refractivity contribution in [2.75, 3.05) is 0 Å². The predicted molar refractivity (Wildman–Crippen MR) is 68.1 cm³/mol. The maximum absolute atomic E-state index is 11.1. The van der Waals surface area contributed by atoms with Crippen LogP contribution in [0.3, 0.4) is 0 Å². The van der Waals surface area contributed by atoms with Crippen molar-refractivity contribution in [2.45, 2.75) is 20.3 Å². The molecule has 0 atom stereocenters. The Hall–Kier alpha value is -1.75. The molecule has 2 aromatic rings. The Morgan fingerprint density at radius 2 is 2.28 bits per heavy atom. The third-order valence-electron chi connectivity index (χ3n) is 2.44. The second-order valence-corrected chi connectivity index (χ2v) is 4.70. The lowest BCUT2D eigenvalue weighted by Gasteiger charge is -2.01. The Morgan fingerprint density at radius 3 is 2.83 bits per heavy atom. The van der Waals surface area contributed by atoms with Crippen LogP contribution in [0.4, 0.5) is 0 Å². The first kappa shape index (κ1) is 12.7. The molecule has 0 bridgehead atoms. The average Bonchev–Trinajstić information content (AvgIpc) is 2.66. The van der Waals surface area contributed by atoms with Gasteiger partial charge in [0.15, 0.2) is 12.1 Å². The van der Waals surface area contributed by atoms with E-state index in [2.05, 4.69) is 28.9 Å². The first-order chi connectivity index (χ1) is 8.63. The minimum atomic E-state index is 0.291. The van der Waals surface area contributed by atoms with Crippen LogP contribution in [0.2, 0.25) is 5.15 Å². The highest BCUT2D eigenvalue weighted by atomic mass is 35.5. The zero-order chi connectivity index (χ0) is 13.1. The molecule has 2 aromatic heterocycles. The molecule has 0 aliphatic rings. The largest absolute Gasteiger partial charge is 0.298 e. The fourth-order valence-electron chi connectivity index (χ4n) is 1.67. The maximum Gasteiger partial charge on any atom is 0.158 e. The summed E-state index contributed by atoms with van der Waals surface area (Å²) in [7, 11) is 0. The van der Waals surface area contributed by atoms with Gasteiger partial charge in [0.1, 0.15) is 11.5 Å². The van der Waals surface area contributed by atoms with Gasteiger partial charge in [-0.2, -0.15) is 5.10 Å². The lowest BCUT2D eigenvalue weighted by Crippen LogP contribution is -2.01. The third kappa shape index (κ3) is 2.41. The number of nitrogens with zero attached hydrogens (tertiary/aromatic N) is 4. The van der Waals surface area contributed by atoms with E-state index in [0.29, 0.717) is 34.6 Å². The summed E-state index contributed by atoms with van der Waals surface area (Å²) in [5.41, 5.74) is 1.13. The molecule has 5 nitrogen and oxygen atoms in total. The lowest BCUT2D eigenvalue weighted by molar-refractivity contribution is 0.112. The highest BCUT2D eigenvalue weighted by molar-refractivity contribution is 6.32. The van der Waals surface area contributed by atoms with E-state index < -0.39 is 0 Å². The zero-order valence-electron chi connectivity index (χ0n) is 10.2. The molecule has 0 aliphatic carbocycles. The molecular weight excluding hydrogens is 252 g/mol. The number of carbonyl (C=O) groups is 1. The van der Waals surface area contributed by atoms with E-state index >= 15 is 0 Å². The summed E-state index contributed by atoms with van der Waals surface area (Å²) in [6.45, 7) is 4.12. The summed E-state index contributed by atoms with van der Waals surface area (Å²) < 4.78 is 1.46. The number of aldehydes is 1. The van der Waals surface area contributed by atoms with Crippen LogP contribution in [0, 0.1) is 5.92 Å². The molecule has 0 radical (unpaired) electrons. The molecule has 94 valence electrons. The van der Waals surface area contributed by atoms with Gasteiger partial charge < -0.3 is 0 Å². The standard InChI is InChI=1S/C12H13ClN4O/c1-8(2)5-10-9(6-18)12(13)17(16-10)11-3-4-14-7-15-11/h3-4,6-8H,5H2,1-2H3. The molecule has 0 saturated carbocycles. The second-order valence-electron chi connectivity index (χ2n) is 4.35. The summed E-state index contributed by atoms with van der Waals surface area (Å²) in [4.78, 5) is 19.0. The van der Waals surface area contributed by atoms with Gasteiger partial charge in [-0.1, -0.05) is 25.4 Å². The Morgan fingerprint density at radius 1 is 1.50 bits per heavy atom. The molecule has 0 aromatic carbocycles. The number of halogens is 1. The van der Waals surface area contributed by atoms with Gasteiger partial charge in [0, 0.05) is 12.3 Å². The third-order valence-corrected chi connectivity index (χ3v) is 2.81. The number of hydrogen-bond acceptors (Lipinski definition) is 4. The Balaban J connectivity index is 2.50. The normalized spacial score (nSPS) is 10.9. The van der Waals surface area contributed by atoms with Gasteiger partial charge in [0.25, 0.3) is 0 Å². The number of hydrogen-bond donors (Lipinski definition) is 0. The van der Waals surface area contributed by atoms with Gasteiger partial charge in [-0.15, -0.1) is 0 Å². The molecule has 0 amide bonds. The van der Waals surface area contributed by atoms with Crippen LogP contribution in [0.1, 0.15) is 29.9 Å². The van der Waals surface area contributed by atoms with Crippen LogP contribution in [0.5, 0.6) is 0 Å². The molecule has 0 unspecified atom stereocenters. The van der Waals surface area contributed by atoms with Gasteiger partial charge in [-0.25, -0.2) is 14.6 Å². The van der Waals surface area contributed by atoms with E-state index in [-0.39, 0.29) is 0 Å². The molecule has 6 heteroatoms. The summed E-state index contributed by atoms with van der Waals surface area (Å²) in [5, 5.41) is 4.65. The minimum absolute atomic E-state index is 0.291. The average molecular weight is 265 g/mol. The Labute approximate surface area is 110 Å². The van der Waals surface area contributed by atoms with E-state index in [1.54, 1.807) is 12.3 Å². The van der Waals surface area contributed by atoms with Crippen LogP contribution in [0.15, 0.2) is 18.6 Å². The van der Waals surface area contributed by atoms with E-state index in [1.165, 1.54) is 11.0 Å². The van der Waals surface area contributed by atoms with E-state index in [4.69, 9.17) is 11.6 Å². The van der Waals surface area contributed by atoms with Crippen molar-refractivity contribution >= 4 is 17.9 Å². The quantitative estimate of drug-likeness (QED) is 0.795. The SMILES string of the molecule is CC(C)Cc1nn(-c2ccncn2)c(Cl)c1C=O. The summed E-state index contributed by atoms with van der Waals surface area (Å²) in [5.74, 6) is 0.946. The van der Waals surface area contributed by atoms with Crippen molar-refractivity contribution in [3.05, 3.63) is 35.0 Å². The van der Waals surface area contributed by atoms with Crippen LogP contribution in [-0.4, -0.2) is 26.0 Å². The molecule has 2 rings (SSSR count). The van der Waals surface area contributed by atoms with E-state index in [0.717, 1.165) is 6.29 Å². The predicted octanol–water partition coefficient (Wildman–Crippen LogP) is 2.33. The highest BCUT2D eigenvalue weighted by Crippen LogP contribution is 2.23. The van der Waals surface area contributed by atoms with Crippen molar-refractivity contribution in [3.8, 4) is 5.82 Å². The van der Waals surface area contributed by atoms with Gasteiger partial charge >= 0.3 is 0 Å². The summed E-state index contributed by atoms with van der Waals surface area (Å²) in [6, 6.07) is 1.69. The molecular formula is C12H13ClN4O. The zero-order valence-corrected chi connectivity index (χ0v) is 10.9. The summed E-state index contributed by atoms with van der Waals surface area (Å²) in [6.07, 6.45) is 4.45. The van der Waals surface area contributed by atoms with Crippen molar-refractivity contribution in [2.24, 2.45) is 5.92 Å². The van der Waals surface area contributed by atoms with Crippen molar-refractivity contribution in [1.29, 1.82) is 0 Å². The molecule has 0 spiro atoms. The first-order valence-electron chi connectivity index (χ1n) is 5.62. The van der Waals surface area contributed by atoms with Crippen LogP contribution < -0.4 is 0 Å². The van der Waals surface area contributed by atoms with E-state index in [9.17, 15) is 4.79 Å². The van der Waals surface area contributed by atoms with Crippen LogP contribution >= 0.6 is 11.6 Å². The Bertz CT molecular complexity index is 551. The molecule has 0 aliphatic heterocycles. The molecule has 2 heterocycles. The fourth-order valence-corrected chi connectivity index (χ4v) is 1.94. The molecule has 18 heavy (non-hydrogen) atoms. The van der Waals surface area contributed by atoms with Crippen LogP contribution in [-0.2, 0) is 6.42 Å². The van der Waals surface area contributed by atoms with E-state index in [1.807, 2.05) is 0 Å². The van der Waals surface area contributed by atoms with Crippen molar-refractivity contribution in [1.82, 2.24) is 19.7 Å². The number of rotatable bonds is 4. The number of aromatic nitrogens is 4. The Kier molecular flexibility index (Phi) is 3.72. The van der Waals surface area contributed by atoms with Gasteiger partial charge in [0.05, 0.1) is 11.3 Å². The molecule has 0 saturated heterocycles. The number of carbonyl (C=O) groups excluding carboxylic acids is 1. The van der Waals surface area contributed by atoms with Crippen molar-refractivity contribution in [3.63, 3.8) is 0 Å². The maximum atomic E-state index is 11.1. The van der Waals surface area contributed by atoms with Crippen molar-refractivity contribution < 1.29 is 4.79 Å². The first-order valence-corrected chi connectivity index (χ1v) is 6.00. The van der Waals surface area contributed by atoms with Gasteiger partial charge in [-0.05, 0) is 12.3 Å². The van der Waals surface area contributed by atoms with Crippen LogP contribution in [0.25, 0.3) is 5.82 Å².